The van der Waals surface area contributed by atoms with Crippen LogP contribution in [0.1, 0.15) is 26.3 Å². The fourth-order valence-electron chi connectivity index (χ4n) is 1.41. The molecule has 20 heavy (non-hydrogen) atoms. The number of hydrogen-bond donors (Lipinski definition) is 1. The van der Waals surface area contributed by atoms with Gasteiger partial charge in [0.05, 0.1) is 0 Å². The minimum atomic E-state index is -4.11. The highest BCUT2D eigenvalue weighted by molar-refractivity contribution is 7.84. The van der Waals surface area contributed by atoms with E-state index in [-0.39, 0.29) is 6.54 Å². The standard InChI is InChI=1S/C13H20N2O4S/c1-13(2,3)14-12(16)19-20(17,18)15(4)10-11-8-6-5-7-9-11/h5-9H,10H2,1-4H3,(H,14,16). The van der Waals surface area contributed by atoms with Gasteiger partial charge in [0, 0.05) is 19.1 Å². The predicted octanol–water partition coefficient (Wildman–Crippen LogP) is 1.89. The summed E-state index contributed by atoms with van der Waals surface area (Å²) in [4.78, 5) is 11.5. The molecule has 0 saturated carbocycles. The van der Waals surface area contributed by atoms with Crippen molar-refractivity contribution in [1.29, 1.82) is 0 Å². The normalized spacial score (nSPS) is 12.2. The summed E-state index contributed by atoms with van der Waals surface area (Å²) in [5.74, 6) is 0. The molecule has 0 saturated heterocycles. The molecule has 1 amide bonds. The summed E-state index contributed by atoms with van der Waals surface area (Å²) >= 11 is 0. The molecule has 7 heteroatoms. The molecular formula is C13H20N2O4S. The summed E-state index contributed by atoms with van der Waals surface area (Å²) in [6.45, 7) is 5.32. The lowest BCUT2D eigenvalue weighted by Crippen LogP contribution is -2.43. The summed E-state index contributed by atoms with van der Waals surface area (Å²) in [6, 6.07) is 9.04. The van der Waals surface area contributed by atoms with Crippen molar-refractivity contribution in [2.75, 3.05) is 7.05 Å². The number of amides is 1. The smallest absolute Gasteiger partial charge is 0.316 e. The first-order valence-corrected chi connectivity index (χ1v) is 7.48. The predicted molar refractivity (Wildman–Crippen MR) is 76.2 cm³/mol. The van der Waals surface area contributed by atoms with E-state index in [2.05, 4.69) is 9.50 Å². The van der Waals surface area contributed by atoms with E-state index in [1.54, 1.807) is 32.9 Å². The summed E-state index contributed by atoms with van der Waals surface area (Å²) in [5.41, 5.74) is 0.239. The molecule has 1 rings (SSSR count). The maximum Gasteiger partial charge on any atom is 0.424 e. The molecule has 0 heterocycles. The average molecular weight is 300 g/mol. The van der Waals surface area contributed by atoms with Gasteiger partial charge in [0.2, 0.25) is 0 Å². The Kier molecular flexibility index (Phi) is 5.13. The van der Waals surface area contributed by atoms with Crippen molar-refractivity contribution >= 4 is 16.4 Å². The summed E-state index contributed by atoms with van der Waals surface area (Å²) in [6.07, 6.45) is -0.989. The van der Waals surface area contributed by atoms with E-state index in [9.17, 15) is 13.2 Å². The van der Waals surface area contributed by atoms with E-state index in [0.29, 0.717) is 0 Å². The van der Waals surface area contributed by atoms with Gasteiger partial charge >= 0.3 is 16.4 Å². The Bertz CT molecular complexity index is 549. The van der Waals surface area contributed by atoms with Gasteiger partial charge < -0.3 is 9.50 Å². The van der Waals surface area contributed by atoms with Crippen LogP contribution in [0.2, 0.25) is 0 Å². The molecular weight excluding hydrogens is 280 g/mol. The lowest BCUT2D eigenvalue weighted by Gasteiger charge is -2.21. The van der Waals surface area contributed by atoms with Crippen LogP contribution in [0, 0.1) is 0 Å². The SMILES string of the molecule is CN(Cc1ccccc1)S(=O)(=O)OC(=O)NC(C)(C)C. The van der Waals surface area contributed by atoms with Gasteiger partial charge in [-0.25, -0.2) is 4.79 Å². The van der Waals surface area contributed by atoms with Gasteiger partial charge in [-0.15, -0.1) is 0 Å². The number of carbonyl (C=O) groups is 1. The van der Waals surface area contributed by atoms with Gasteiger partial charge in [-0.3, -0.25) is 0 Å². The van der Waals surface area contributed by atoms with E-state index in [4.69, 9.17) is 0 Å². The first-order chi connectivity index (χ1) is 9.10. The van der Waals surface area contributed by atoms with E-state index < -0.39 is 21.9 Å². The molecule has 0 aliphatic heterocycles. The minimum absolute atomic E-state index is 0.131. The van der Waals surface area contributed by atoms with Crippen LogP contribution in [-0.2, 0) is 21.0 Å². The van der Waals surface area contributed by atoms with E-state index in [0.717, 1.165) is 9.87 Å². The van der Waals surface area contributed by atoms with Crippen LogP contribution in [0.25, 0.3) is 0 Å². The quantitative estimate of drug-likeness (QED) is 0.921. The molecule has 0 unspecified atom stereocenters. The maximum atomic E-state index is 11.9. The van der Waals surface area contributed by atoms with Crippen molar-refractivity contribution in [3.05, 3.63) is 35.9 Å². The molecule has 0 atom stereocenters. The largest absolute Gasteiger partial charge is 0.424 e. The molecule has 1 aromatic carbocycles. The van der Waals surface area contributed by atoms with Crippen molar-refractivity contribution in [3.8, 4) is 0 Å². The first-order valence-electron chi connectivity index (χ1n) is 6.12. The monoisotopic (exact) mass is 300 g/mol. The summed E-state index contributed by atoms with van der Waals surface area (Å²) in [7, 11) is -2.75. The Morgan fingerprint density at radius 3 is 2.30 bits per heavy atom. The third-order valence-corrected chi connectivity index (χ3v) is 3.54. The van der Waals surface area contributed by atoms with Crippen LogP contribution in [0.15, 0.2) is 30.3 Å². The molecule has 1 aromatic rings. The zero-order valence-corrected chi connectivity index (χ0v) is 12.9. The Balaban J connectivity index is 2.66. The van der Waals surface area contributed by atoms with Gasteiger partial charge in [0.1, 0.15) is 0 Å². The second-order valence-electron chi connectivity index (χ2n) is 5.45. The second kappa shape index (κ2) is 6.23. The van der Waals surface area contributed by atoms with E-state index in [1.807, 2.05) is 18.2 Å². The number of nitrogens with zero attached hydrogens (tertiary/aromatic N) is 1. The first kappa shape index (κ1) is 16.5. The second-order valence-corrected chi connectivity index (χ2v) is 7.09. The van der Waals surface area contributed by atoms with E-state index in [1.165, 1.54) is 7.05 Å². The minimum Gasteiger partial charge on any atom is -0.316 e. The van der Waals surface area contributed by atoms with Crippen molar-refractivity contribution in [2.24, 2.45) is 0 Å². The molecule has 0 spiro atoms. The Morgan fingerprint density at radius 1 is 1.25 bits per heavy atom. The molecule has 0 bridgehead atoms. The number of hydrogen-bond acceptors (Lipinski definition) is 4. The van der Waals surface area contributed by atoms with Crippen LogP contribution < -0.4 is 5.32 Å². The molecule has 0 aromatic heterocycles. The van der Waals surface area contributed by atoms with Crippen molar-refractivity contribution in [1.82, 2.24) is 9.62 Å². The summed E-state index contributed by atoms with van der Waals surface area (Å²) in [5, 5.41) is 2.43. The third-order valence-electron chi connectivity index (χ3n) is 2.29. The van der Waals surface area contributed by atoms with Gasteiger partial charge in [-0.05, 0) is 26.3 Å². The van der Waals surface area contributed by atoms with Crippen LogP contribution in [0.3, 0.4) is 0 Å². The molecule has 0 radical (unpaired) electrons. The van der Waals surface area contributed by atoms with Crippen LogP contribution in [0.5, 0.6) is 0 Å². The maximum absolute atomic E-state index is 11.9. The van der Waals surface area contributed by atoms with Gasteiger partial charge in [-0.1, -0.05) is 30.3 Å². The molecule has 0 fully saturated rings. The van der Waals surface area contributed by atoms with Gasteiger partial charge in [0.25, 0.3) is 0 Å². The third kappa shape index (κ3) is 5.58. The molecule has 1 N–H and O–H groups in total. The van der Waals surface area contributed by atoms with Crippen molar-refractivity contribution in [3.63, 3.8) is 0 Å². The van der Waals surface area contributed by atoms with Crippen LogP contribution >= 0.6 is 0 Å². The lowest BCUT2D eigenvalue weighted by molar-refractivity contribution is 0.188. The zero-order valence-electron chi connectivity index (χ0n) is 12.1. The van der Waals surface area contributed by atoms with Crippen LogP contribution in [0.4, 0.5) is 4.79 Å². The molecule has 112 valence electrons. The highest BCUT2D eigenvalue weighted by atomic mass is 32.2. The topological polar surface area (TPSA) is 75.7 Å². The van der Waals surface area contributed by atoms with Crippen molar-refractivity contribution < 1.29 is 17.4 Å². The number of carbonyl (C=O) groups excluding carboxylic acids is 1. The fourth-order valence-corrected chi connectivity index (χ4v) is 2.07. The fraction of sp³-hybridized carbons (Fsp3) is 0.462. The van der Waals surface area contributed by atoms with Crippen molar-refractivity contribution in [2.45, 2.75) is 32.9 Å². The van der Waals surface area contributed by atoms with E-state index >= 15 is 0 Å². The van der Waals surface area contributed by atoms with Crippen LogP contribution in [-0.4, -0.2) is 31.4 Å². The molecule has 6 nitrogen and oxygen atoms in total. The summed E-state index contributed by atoms with van der Waals surface area (Å²) < 4.78 is 29.2. The number of benzene rings is 1. The Morgan fingerprint density at radius 2 is 1.80 bits per heavy atom. The molecule has 0 aliphatic rings. The average Bonchev–Trinajstić information content (AvgIpc) is 2.26. The number of nitrogens with one attached hydrogen (secondary N) is 1. The number of rotatable bonds is 4. The Hall–Kier alpha value is -1.60. The highest BCUT2D eigenvalue weighted by Gasteiger charge is 2.25. The highest BCUT2D eigenvalue weighted by Crippen LogP contribution is 2.09. The lowest BCUT2D eigenvalue weighted by atomic mass is 10.1. The van der Waals surface area contributed by atoms with Gasteiger partial charge in [-0.2, -0.15) is 12.7 Å². The Labute approximate surface area is 120 Å². The zero-order chi connectivity index (χ0) is 15.4. The van der Waals surface area contributed by atoms with Gasteiger partial charge in [0.15, 0.2) is 0 Å². The molecule has 0 aliphatic carbocycles.